The molecule has 6 nitrogen and oxygen atoms in total. The summed E-state index contributed by atoms with van der Waals surface area (Å²) >= 11 is 11.6. The van der Waals surface area contributed by atoms with Gasteiger partial charge in [0.1, 0.15) is 5.75 Å². The van der Waals surface area contributed by atoms with Crippen molar-refractivity contribution in [1.29, 1.82) is 0 Å². The first-order valence-corrected chi connectivity index (χ1v) is 8.32. The molecule has 0 saturated heterocycles. The number of carbonyl (C=O) groups is 1. The van der Waals surface area contributed by atoms with E-state index in [1.807, 2.05) is 0 Å². The summed E-state index contributed by atoms with van der Waals surface area (Å²) in [6.07, 6.45) is 0. The number of hydrogen-bond acceptors (Lipinski definition) is 5. The van der Waals surface area contributed by atoms with E-state index in [1.54, 1.807) is 0 Å². The normalized spacial score (nSPS) is 14.7. The summed E-state index contributed by atoms with van der Waals surface area (Å²) < 4.78 is 20.9. The molecule has 0 heterocycles. The third-order valence-electron chi connectivity index (χ3n) is 2.38. The molecule has 1 N–H and O–H groups in total. The topological polar surface area (TPSA) is 95.9 Å². The van der Waals surface area contributed by atoms with Crippen LogP contribution in [-0.2, 0) is 14.1 Å². The van der Waals surface area contributed by atoms with Crippen LogP contribution in [0.1, 0.15) is 13.8 Å². The maximum atomic E-state index is 11.6. The Balaban J connectivity index is 0.00000441. The summed E-state index contributed by atoms with van der Waals surface area (Å²) in [4.78, 5) is 31.7. The largest absolute Gasteiger partial charge is 1.00 e. The molecule has 1 aromatic carbocycles. The van der Waals surface area contributed by atoms with Crippen molar-refractivity contribution in [3.05, 3.63) is 28.2 Å². The average Bonchev–Trinajstić information content (AvgIpc) is 2.33. The third-order valence-corrected chi connectivity index (χ3v) is 4.26. The van der Waals surface area contributed by atoms with E-state index in [9.17, 15) is 14.3 Å². The van der Waals surface area contributed by atoms with Crippen LogP contribution >= 0.6 is 30.8 Å². The van der Waals surface area contributed by atoms with Crippen LogP contribution in [-0.4, -0.2) is 23.3 Å². The molecule has 0 aliphatic carbocycles. The van der Waals surface area contributed by atoms with Crippen molar-refractivity contribution in [1.82, 2.24) is 0 Å². The van der Waals surface area contributed by atoms with Crippen LogP contribution in [0.25, 0.3) is 0 Å². The van der Waals surface area contributed by atoms with Crippen molar-refractivity contribution in [2.75, 3.05) is 6.61 Å². The fourth-order valence-corrected chi connectivity index (χ4v) is 2.94. The minimum Gasteiger partial charge on any atom is -0.776 e. The Morgan fingerprint density at radius 2 is 2.00 bits per heavy atom. The predicted octanol–water partition coefficient (Wildman–Crippen LogP) is -0.553. The monoisotopic (exact) mass is 362 g/mol. The number of hydrogen-bond donors (Lipinski definition) is 1. The van der Waals surface area contributed by atoms with Gasteiger partial charge in [0.15, 0.2) is 20.0 Å². The van der Waals surface area contributed by atoms with Crippen LogP contribution in [0.2, 0.25) is 10.0 Å². The summed E-state index contributed by atoms with van der Waals surface area (Å²) in [5.74, 6) is -2.95. The first kappa shape index (κ1) is 21.8. The smallest absolute Gasteiger partial charge is 0.776 e. The van der Waals surface area contributed by atoms with E-state index < -0.39 is 31.9 Å². The second-order valence-electron chi connectivity index (χ2n) is 4.55. The molecule has 1 rings (SSSR count). The quantitative estimate of drug-likeness (QED) is 0.414. The van der Waals surface area contributed by atoms with E-state index >= 15 is 0 Å². The fourth-order valence-electron chi connectivity index (χ4n) is 1.48. The zero-order valence-corrected chi connectivity index (χ0v) is 14.7. The predicted molar refractivity (Wildman–Crippen MR) is 76.5 cm³/mol. The zero-order valence-electron chi connectivity index (χ0n) is 12.3. The fraction of sp³-hybridized carbons (Fsp3) is 0.417. The summed E-state index contributed by atoms with van der Waals surface area (Å²) in [6.45, 7) is 2.44. The molecule has 2 atom stereocenters. The van der Waals surface area contributed by atoms with Gasteiger partial charge in [-0.25, -0.2) is 4.79 Å². The standard InChI is InChI=1S/C12H15Cl2O6P.Li/c1-7(2)12(21(16,17)18)20-11(15)6-19-10-4-3-8(13)5-9(10)14;/h3-5,7,12H,6H2,1-2H3,(H2,16,17,18);/q;+1/p-1. The second kappa shape index (κ2) is 9.20. The van der Waals surface area contributed by atoms with Gasteiger partial charge in [-0.05, 0) is 24.1 Å². The van der Waals surface area contributed by atoms with Gasteiger partial charge >= 0.3 is 24.8 Å². The molecule has 0 bridgehead atoms. The molecule has 0 amide bonds. The van der Waals surface area contributed by atoms with Gasteiger partial charge in [0.05, 0.1) is 5.02 Å². The molecule has 0 fully saturated rings. The van der Waals surface area contributed by atoms with Gasteiger partial charge in [-0.1, -0.05) is 37.0 Å². The first-order valence-electron chi connectivity index (χ1n) is 5.92. The first-order chi connectivity index (χ1) is 9.61. The van der Waals surface area contributed by atoms with E-state index in [4.69, 9.17) is 37.6 Å². The van der Waals surface area contributed by atoms with Crippen molar-refractivity contribution in [2.24, 2.45) is 5.92 Å². The van der Waals surface area contributed by atoms with E-state index in [-0.39, 0.29) is 29.6 Å². The molecule has 2 unspecified atom stereocenters. The Morgan fingerprint density at radius 1 is 1.41 bits per heavy atom. The number of halogens is 2. The Morgan fingerprint density at radius 3 is 2.45 bits per heavy atom. The maximum absolute atomic E-state index is 11.6. The molecular weight excluding hydrogens is 349 g/mol. The summed E-state index contributed by atoms with van der Waals surface area (Å²) in [5, 5.41) is 0.606. The maximum Gasteiger partial charge on any atom is 1.00 e. The van der Waals surface area contributed by atoms with Gasteiger partial charge in [-0.2, -0.15) is 0 Å². The van der Waals surface area contributed by atoms with Crippen molar-refractivity contribution < 1.29 is 47.5 Å². The molecule has 22 heavy (non-hydrogen) atoms. The SMILES string of the molecule is CC(C)C(OC(=O)COc1ccc(Cl)cc1Cl)P(=O)([O-])O.[Li+]. The zero-order chi connectivity index (χ0) is 16.2. The number of rotatable bonds is 6. The van der Waals surface area contributed by atoms with Crippen molar-refractivity contribution >= 4 is 36.8 Å². The molecule has 10 heteroatoms. The number of esters is 1. The van der Waals surface area contributed by atoms with Crippen LogP contribution in [0.5, 0.6) is 5.75 Å². The molecule has 1 aromatic rings. The number of carbonyl (C=O) groups excluding carboxylic acids is 1. The average molecular weight is 363 g/mol. The van der Waals surface area contributed by atoms with E-state index in [0.717, 1.165) is 0 Å². The Bertz CT molecular complexity index is 563. The van der Waals surface area contributed by atoms with Gasteiger partial charge in [0.25, 0.3) is 0 Å². The number of ether oxygens (including phenoxy) is 2. The Kier molecular flexibility index (Phi) is 9.12. The molecule has 0 saturated carbocycles. The van der Waals surface area contributed by atoms with Crippen molar-refractivity contribution in [3.8, 4) is 5.75 Å². The van der Waals surface area contributed by atoms with Gasteiger partial charge in [-0.15, -0.1) is 0 Å². The summed E-state index contributed by atoms with van der Waals surface area (Å²) in [6, 6.07) is 4.41. The van der Waals surface area contributed by atoms with Crippen LogP contribution in [0.15, 0.2) is 18.2 Å². The Hall–Kier alpha value is -0.183. The molecular formula is C12H14Cl2LiO6P. The van der Waals surface area contributed by atoms with Gasteiger partial charge in [-0.3, -0.25) is 0 Å². The molecule has 0 aliphatic rings. The van der Waals surface area contributed by atoms with Gasteiger partial charge < -0.3 is 23.8 Å². The van der Waals surface area contributed by atoms with Gasteiger partial charge in [0.2, 0.25) is 0 Å². The van der Waals surface area contributed by atoms with Crippen LogP contribution in [0.4, 0.5) is 0 Å². The summed E-state index contributed by atoms with van der Waals surface area (Å²) in [5.41, 5.74) is 0. The third kappa shape index (κ3) is 6.93. The van der Waals surface area contributed by atoms with Crippen LogP contribution in [0.3, 0.4) is 0 Å². The molecule has 0 radical (unpaired) electrons. The molecule has 118 valence electrons. The Labute approximate surface area is 150 Å². The summed E-state index contributed by atoms with van der Waals surface area (Å²) in [7, 11) is -4.79. The minimum absolute atomic E-state index is 0. The van der Waals surface area contributed by atoms with Crippen molar-refractivity contribution in [3.63, 3.8) is 0 Å². The van der Waals surface area contributed by atoms with Crippen LogP contribution < -0.4 is 28.5 Å². The van der Waals surface area contributed by atoms with Gasteiger partial charge in [0, 0.05) is 5.02 Å². The van der Waals surface area contributed by atoms with Crippen LogP contribution in [0, 0.1) is 5.92 Å². The molecule has 0 aliphatic heterocycles. The van der Waals surface area contributed by atoms with E-state index in [2.05, 4.69) is 0 Å². The number of benzene rings is 1. The minimum atomic E-state index is -4.79. The molecule has 0 spiro atoms. The van der Waals surface area contributed by atoms with E-state index in [0.29, 0.717) is 5.02 Å². The van der Waals surface area contributed by atoms with Crippen molar-refractivity contribution in [2.45, 2.75) is 19.7 Å². The van der Waals surface area contributed by atoms with E-state index in [1.165, 1.54) is 32.0 Å². The molecule has 0 aromatic heterocycles. The second-order valence-corrected chi connectivity index (χ2v) is 7.03.